The second-order valence-corrected chi connectivity index (χ2v) is 7.90. The summed E-state index contributed by atoms with van der Waals surface area (Å²) in [5.41, 5.74) is -0.399. The number of pyridine rings is 1. The van der Waals surface area contributed by atoms with E-state index in [4.69, 9.17) is 9.26 Å². The Labute approximate surface area is 190 Å². The fourth-order valence-electron chi connectivity index (χ4n) is 3.98. The molecule has 0 aliphatic carbocycles. The third kappa shape index (κ3) is 3.92. The Morgan fingerprint density at radius 2 is 1.85 bits per heavy atom. The van der Waals surface area contributed by atoms with Crippen molar-refractivity contribution in [2.45, 2.75) is 6.18 Å². The van der Waals surface area contributed by atoms with Crippen molar-refractivity contribution in [3.8, 4) is 22.8 Å². The van der Waals surface area contributed by atoms with Gasteiger partial charge in [-0.1, -0.05) is 17.3 Å². The van der Waals surface area contributed by atoms with E-state index in [1.54, 1.807) is 17.7 Å². The minimum absolute atomic E-state index is 0.0132. The predicted molar refractivity (Wildman–Crippen MR) is 116 cm³/mol. The van der Waals surface area contributed by atoms with E-state index in [2.05, 4.69) is 10.1 Å². The summed E-state index contributed by atoms with van der Waals surface area (Å²) >= 11 is 0. The summed E-state index contributed by atoms with van der Waals surface area (Å²) in [6.07, 6.45) is -3.05. The van der Waals surface area contributed by atoms with Gasteiger partial charge in [0.1, 0.15) is 11.4 Å². The molecule has 0 N–H and O–H groups in total. The molecule has 1 aliphatic rings. The van der Waals surface area contributed by atoms with Gasteiger partial charge in [0.25, 0.3) is 5.89 Å². The van der Waals surface area contributed by atoms with Crippen LogP contribution in [0, 0.1) is 5.82 Å². The highest BCUT2D eigenvalue weighted by Gasteiger charge is 2.31. The molecule has 0 radical (unpaired) electrons. The van der Waals surface area contributed by atoms with Crippen LogP contribution in [0.5, 0.6) is 0 Å². The molecule has 3 heterocycles. The van der Waals surface area contributed by atoms with Crippen LogP contribution < -0.4 is 10.3 Å². The largest absolute Gasteiger partial charge is 0.416 e. The normalized spacial score (nSPS) is 14.7. The topological polar surface area (TPSA) is 73.4 Å². The molecule has 1 saturated heterocycles. The zero-order valence-electron chi connectivity index (χ0n) is 17.9. The Hall–Kier alpha value is -3.73. The summed E-state index contributed by atoms with van der Waals surface area (Å²) in [6.45, 7) is 2.05. The summed E-state index contributed by atoms with van der Waals surface area (Å²) in [4.78, 5) is 19.1. The van der Waals surface area contributed by atoms with Crippen LogP contribution in [0.4, 0.5) is 23.2 Å². The SMILES string of the molecule is Cn1cc(-c2nc(-c3cccc(C(F)(F)F)c3)no2)c(=O)c2cc(F)c(N3CCOCC3)cc21. The Bertz CT molecular complexity index is 1440. The first kappa shape index (κ1) is 22.1. The minimum atomic E-state index is -4.53. The summed E-state index contributed by atoms with van der Waals surface area (Å²) in [7, 11) is 1.69. The zero-order valence-corrected chi connectivity index (χ0v) is 17.9. The molecule has 176 valence electrons. The Morgan fingerprint density at radius 3 is 2.59 bits per heavy atom. The second-order valence-electron chi connectivity index (χ2n) is 7.90. The third-order valence-electron chi connectivity index (χ3n) is 5.71. The van der Waals surface area contributed by atoms with E-state index < -0.39 is 23.0 Å². The molecule has 0 spiro atoms. The molecule has 34 heavy (non-hydrogen) atoms. The molecule has 0 amide bonds. The Balaban J connectivity index is 1.56. The first-order chi connectivity index (χ1) is 16.2. The van der Waals surface area contributed by atoms with Crippen molar-refractivity contribution in [2.24, 2.45) is 7.05 Å². The van der Waals surface area contributed by atoms with Crippen molar-refractivity contribution >= 4 is 16.6 Å². The average Bonchev–Trinajstić information content (AvgIpc) is 3.31. The van der Waals surface area contributed by atoms with E-state index in [-0.39, 0.29) is 28.2 Å². The number of aryl methyl sites for hydroxylation is 1. The number of fused-ring (bicyclic) bond motifs is 1. The van der Waals surface area contributed by atoms with Crippen LogP contribution in [0.15, 0.2) is 51.9 Å². The van der Waals surface area contributed by atoms with Crippen molar-refractivity contribution in [3.63, 3.8) is 0 Å². The molecule has 11 heteroatoms. The molecule has 4 aromatic rings. The highest BCUT2D eigenvalue weighted by Crippen LogP contribution is 2.32. The minimum Gasteiger partial charge on any atom is -0.378 e. The van der Waals surface area contributed by atoms with Crippen LogP contribution in [-0.4, -0.2) is 41.0 Å². The summed E-state index contributed by atoms with van der Waals surface area (Å²) in [5, 5.41) is 3.85. The fraction of sp³-hybridized carbons (Fsp3) is 0.261. The van der Waals surface area contributed by atoms with Gasteiger partial charge in [-0.25, -0.2) is 4.39 Å². The number of aromatic nitrogens is 3. The van der Waals surface area contributed by atoms with E-state index in [1.165, 1.54) is 24.4 Å². The smallest absolute Gasteiger partial charge is 0.378 e. The lowest BCUT2D eigenvalue weighted by Crippen LogP contribution is -2.36. The van der Waals surface area contributed by atoms with Crippen LogP contribution in [0.2, 0.25) is 0 Å². The first-order valence-electron chi connectivity index (χ1n) is 10.4. The number of hydrogen-bond acceptors (Lipinski definition) is 6. The van der Waals surface area contributed by atoms with Gasteiger partial charge < -0.3 is 18.7 Å². The predicted octanol–water partition coefficient (Wildman–Crippen LogP) is 4.25. The number of halogens is 4. The maximum atomic E-state index is 14.9. The van der Waals surface area contributed by atoms with Crippen LogP contribution in [0.3, 0.4) is 0 Å². The van der Waals surface area contributed by atoms with Crippen LogP contribution >= 0.6 is 0 Å². The second kappa shape index (κ2) is 8.24. The van der Waals surface area contributed by atoms with E-state index in [0.717, 1.165) is 12.1 Å². The highest BCUT2D eigenvalue weighted by atomic mass is 19.4. The quantitative estimate of drug-likeness (QED) is 0.414. The summed E-state index contributed by atoms with van der Waals surface area (Å²) < 4.78 is 66.2. The van der Waals surface area contributed by atoms with Gasteiger partial charge in [0.2, 0.25) is 11.3 Å². The van der Waals surface area contributed by atoms with Crippen molar-refractivity contribution in [2.75, 3.05) is 31.2 Å². The van der Waals surface area contributed by atoms with Crippen molar-refractivity contribution in [1.82, 2.24) is 14.7 Å². The van der Waals surface area contributed by atoms with Crippen LogP contribution in [-0.2, 0) is 18.0 Å². The van der Waals surface area contributed by atoms with E-state index in [9.17, 15) is 22.4 Å². The molecule has 0 atom stereocenters. The number of nitrogens with zero attached hydrogens (tertiary/aromatic N) is 4. The number of rotatable bonds is 3. The molecule has 1 fully saturated rings. The molecule has 5 rings (SSSR count). The van der Waals surface area contributed by atoms with Gasteiger partial charge >= 0.3 is 6.18 Å². The Morgan fingerprint density at radius 1 is 1.09 bits per heavy atom. The van der Waals surface area contributed by atoms with Gasteiger partial charge in [-0.15, -0.1) is 0 Å². The number of morpholine rings is 1. The van der Waals surface area contributed by atoms with Gasteiger partial charge in [0, 0.05) is 37.3 Å². The number of anilines is 1. The molecular weight excluding hydrogens is 456 g/mol. The molecule has 0 unspecified atom stereocenters. The van der Waals surface area contributed by atoms with Crippen LogP contribution in [0.25, 0.3) is 33.7 Å². The number of alkyl halides is 3. The van der Waals surface area contributed by atoms with E-state index in [0.29, 0.717) is 37.5 Å². The lowest BCUT2D eigenvalue weighted by atomic mass is 10.1. The van der Waals surface area contributed by atoms with Crippen molar-refractivity contribution in [1.29, 1.82) is 0 Å². The average molecular weight is 474 g/mol. The van der Waals surface area contributed by atoms with Gasteiger partial charge in [0.15, 0.2) is 0 Å². The lowest BCUT2D eigenvalue weighted by molar-refractivity contribution is -0.137. The number of benzene rings is 2. The van der Waals surface area contributed by atoms with E-state index >= 15 is 0 Å². The van der Waals surface area contributed by atoms with Gasteiger partial charge in [0.05, 0.1) is 30.0 Å². The maximum absolute atomic E-state index is 14.9. The molecular formula is C23H18F4N4O3. The molecule has 2 aromatic heterocycles. The first-order valence-corrected chi connectivity index (χ1v) is 10.4. The molecule has 0 saturated carbocycles. The number of hydrogen-bond donors (Lipinski definition) is 0. The highest BCUT2D eigenvalue weighted by molar-refractivity contribution is 5.86. The van der Waals surface area contributed by atoms with Crippen molar-refractivity contribution < 1.29 is 26.8 Å². The van der Waals surface area contributed by atoms with Gasteiger partial charge in [-0.05, 0) is 24.3 Å². The molecule has 2 aromatic carbocycles. The van der Waals surface area contributed by atoms with E-state index in [1.807, 2.05) is 4.90 Å². The fourth-order valence-corrected chi connectivity index (χ4v) is 3.98. The summed E-state index contributed by atoms with van der Waals surface area (Å²) in [6, 6.07) is 7.26. The monoisotopic (exact) mass is 474 g/mol. The third-order valence-corrected chi connectivity index (χ3v) is 5.71. The number of ether oxygens (including phenoxy) is 1. The van der Waals surface area contributed by atoms with Gasteiger partial charge in [-0.3, -0.25) is 4.79 Å². The Kier molecular flexibility index (Phi) is 5.35. The molecule has 1 aliphatic heterocycles. The standard InChI is InChI=1S/C23H18F4N4O3/c1-30-12-16(22-28-21(29-34-22)13-3-2-4-14(9-13)23(25,26)27)20(32)15-10-17(24)19(11-18(15)30)31-5-7-33-8-6-31/h2-4,9-12H,5-8H2,1H3. The summed E-state index contributed by atoms with van der Waals surface area (Å²) in [5.74, 6) is -0.816. The molecule has 0 bridgehead atoms. The zero-order chi connectivity index (χ0) is 24.0. The maximum Gasteiger partial charge on any atom is 0.416 e. The van der Waals surface area contributed by atoms with Gasteiger partial charge in [-0.2, -0.15) is 18.2 Å². The van der Waals surface area contributed by atoms with Crippen molar-refractivity contribution in [3.05, 3.63) is 64.2 Å². The lowest BCUT2D eigenvalue weighted by Gasteiger charge is -2.29. The molecule has 7 nitrogen and oxygen atoms in total. The van der Waals surface area contributed by atoms with Crippen LogP contribution in [0.1, 0.15) is 5.56 Å².